The van der Waals surface area contributed by atoms with E-state index in [0.717, 1.165) is 42.0 Å². The molecule has 0 aromatic heterocycles. The van der Waals surface area contributed by atoms with Crippen molar-refractivity contribution in [3.05, 3.63) is 28.2 Å². The maximum absolute atomic E-state index is 5.69. The van der Waals surface area contributed by atoms with Crippen LogP contribution in [0.5, 0.6) is 5.75 Å². The Morgan fingerprint density at radius 1 is 1.47 bits per heavy atom. The first-order chi connectivity index (χ1) is 8.29. The van der Waals surface area contributed by atoms with Gasteiger partial charge in [-0.1, -0.05) is 6.07 Å². The Labute approximate surface area is 110 Å². The molecule has 1 unspecified atom stereocenters. The van der Waals surface area contributed by atoms with E-state index in [1.165, 1.54) is 0 Å². The molecule has 17 heavy (non-hydrogen) atoms. The van der Waals surface area contributed by atoms with Gasteiger partial charge in [-0.25, -0.2) is 0 Å². The molecule has 1 aliphatic heterocycles. The van der Waals surface area contributed by atoms with Gasteiger partial charge in [0.05, 0.1) is 31.4 Å². The van der Waals surface area contributed by atoms with Gasteiger partial charge in [-0.05, 0) is 40.0 Å². The summed E-state index contributed by atoms with van der Waals surface area (Å²) >= 11 is 3.46. The van der Waals surface area contributed by atoms with Crippen molar-refractivity contribution in [2.45, 2.75) is 13.0 Å². The molecule has 0 aliphatic carbocycles. The topological polar surface area (TPSA) is 27.7 Å². The van der Waals surface area contributed by atoms with Gasteiger partial charge in [0, 0.05) is 12.5 Å². The van der Waals surface area contributed by atoms with E-state index in [1.807, 2.05) is 18.2 Å². The molecule has 94 valence electrons. The van der Waals surface area contributed by atoms with E-state index in [9.17, 15) is 0 Å². The lowest BCUT2D eigenvalue weighted by molar-refractivity contribution is 0.0791. The summed E-state index contributed by atoms with van der Waals surface area (Å²) in [7, 11) is 1.66. The minimum absolute atomic E-state index is 0.566. The summed E-state index contributed by atoms with van der Waals surface area (Å²) in [5.41, 5.74) is 1.15. The highest BCUT2D eigenvalue weighted by molar-refractivity contribution is 9.10. The molecule has 0 N–H and O–H groups in total. The smallest absolute Gasteiger partial charge is 0.133 e. The zero-order valence-corrected chi connectivity index (χ0v) is 11.5. The number of benzene rings is 1. The van der Waals surface area contributed by atoms with Crippen molar-refractivity contribution in [1.29, 1.82) is 0 Å². The maximum atomic E-state index is 5.69. The van der Waals surface area contributed by atoms with Crippen LogP contribution in [0.3, 0.4) is 0 Å². The third kappa shape index (κ3) is 3.69. The molecule has 4 heteroatoms. The molecule has 0 amide bonds. The van der Waals surface area contributed by atoms with Gasteiger partial charge in [0.1, 0.15) is 5.75 Å². The van der Waals surface area contributed by atoms with Gasteiger partial charge < -0.3 is 14.2 Å². The quantitative estimate of drug-likeness (QED) is 0.837. The summed E-state index contributed by atoms with van der Waals surface area (Å²) in [6.45, 7) is 3.14. The van der Waals surface area contributed by atoms with Gasteiger partial charge >= 0.3 is 0 Å². The highest BCUT2D eigenvalue weighted by atomic mass is 79.9. The molecule has 0 bridgehead atoms. The Balaban J connectivity index is 1.80. The van der Waals surface area contributed by atoms with Gasteiger partial charge in [-0.3, -0.25) is 0 Å². The van der Waals surface area contributed by atoms with Gasteiger partial charge in [0.2, 0.25) is 0 Å². The first kappa shape index (κ1) is 12.9. The Hall–Kier alpha value is -0.580. The van der Waals surface area contributed by atoms with E-state index < -0.39 is 0 Å². The normalized spacial score (nSPS) is 19.5. The molecule has 1 atom stereocenters. The van der Waals surface area contributed by atoms with Gasteiger partial charge in [0.15, 0.2) is 0 Å². The molecular formula is C13H17BrO3. The molecular weight excluding hydrogens is 284 g/mol. The number of rotatable bonds is 5. The Morgan fingerprint density at radius 3 is 3.00 bits per heavy atom. The monoisotopic (exact) mass is 300 g/mol. The predicted molar refractivity (Wildman–Crippen MR) is 69.3 cm³/mol. The lowest BCUT2D eigenvalue weighted by atomic mass is 10.1. The van der Waals surface area contributed by atoms with E-state index in [2.05, 4.69) is 15.9 Å². The summed E-state index contributed by atoms with van der Waals surface area (Å²) in [4.78, 5) is 0. The zero-order chi connectivity index (χ0) is 12.1. The summed E-state index contributed by atoms with van der Waals surface area (Å²) in [6, 6.07) is 6.00. The molecule has 0 saturated carbocycles. The van der Waals surface area contributed by atoms with E-state index >= 15 is 0 Å². The van der Waals surface area contributed by atoms with Crippen LogP contribution in [0.25, 0.3) is 0 Å². The minimum atomic E-state index is 0.566. The minimum Gasteiger partial charge on any atom is -0.496 e. The zero-order valence-electron chi connectivity index (χ0n) is 9.95. The van der Waals surface area contributed by atoms with Crippen LogP contribution in [0.15, 0.2) is 22.7 Å². The second-order valence-electron chi connectivity index (χ2n) is 4.21. The van der Waals surface area contributed by atoms with Crippen molar-refractivity contribution in [3.63, 3.8) is 0 Å². The van der Waals surface area contributed by atoms with Crippen molar-refractivity contribution in [3.8, 4) is 5.75 Å². The van der Waals surface area contributed by atoms with Crippen LogP contribution in [0.4, 0.5) is 0 Å². The van der Waals surface area contributed by atoms with Gasteiger partial charge in [-0.2, -0.15) is 0 Å². The van der Waals surface area contributed by atoms with E-state index in [0.29, 0.717) is 12.5 Å². The third-order valence-corrected chi connectivity index (χ3v) is 3.48. The van der Waals surface area contributed by atoms with Gasteiger partial charge in [0.25, 0.3) is 0 Å². The molecule has 1 aromatic rings. The fraction of sp³-hybridized carbons (Fsp3) is 0.538. The molecule has 1 aliphatic rings. The van der Waals surface area contributed by atoms with Crippen LogP contribution in [-0.4, -0.2) is 26.9 Å². The van der Waals surface area contributed by atoms with Crippen LogP contribution >= 0.6 is 15.9 Å². The highest BCUT2D eigenvalue weighted by Gasteiger charge is 2.15. The molecule has 1 aromatic carbocycles. The van der Waals surface area contributed by atoms with Crippen molar-refractivity contribution in [2.24, 2.45) is 5.92 Å². The number of methoxy groups -OCH3 is 1. The lowest BCUT2D eigenvalue weighted by Crippen LogP contribution is -2.09. The summed E-state index contributed by atoms with van der Waals surface area (Å²) in [5.74, 6) is 1.41. The fourth-order valence-electron chi connectivity index (χ4n) is 1.86. The first-order valence-electron chi connectivity index (χ1n) is 5.77. The summed E-state index contributed by atoms with van der Waals surface area (Å²) < 4.78 is 17.1. The van der Waals surface area contributed by atoms with Crippen LogP contribution in [0.1, 0.15) is 12.0 Å². The summed E-state index contributed by atoms with van der Waals surface area (Å²) in [6.07, 6.45) is 1.12. The number of hydrogen-bond donors (Lipinski definition) is 0. The number of hydrogen-bond acceptors (Lipinski definition) is 3. The van der Waals surface area contributed by atoms with Crippen LogP contribution in [0.2, 0.25) is 0 Å². The molecule has 0 radical (unpaired) electrons. The molecule has 3 nitrogen and oxygen atoms in total. The predicted octanol–water partition coefficient (Wildman–Crippen LogP) is 3.01. The second kappa shape index (κ2) is 6.38. The first-order valence-corrected chi connectivity index (χ1v) is 6.57. The Morgan fingerprint density at radius 2 is 2.35 bits per heavy atom. The molecule has 1 saturated heterocycles. The molecule has 1 fully saturated rings. The molecule has 1 heterocycles. The number of halogens is 1. The van der Waals surface area contributed by atoms with E-state index in [1.54, 1.807) is 7.11 Å². The maximum Gasteiger partial charge on any atom is 0.133 e. The largest absolute Gasteiger partial charge is 0.496 e. The summed E-state index contributed by atoms with van der Waals surface area (Å²) in [5, 5.41) is 0. The molecule has 0 spiro atoms. The lowest BCUT2D eigenvalue weighted by Gasteiger charge is -2.10. The van der Waals surface area contributed by atoms with Crippen LogP contribution in [-0.2, 0) is 16.1 Å². The SMILES string of the molecule is COc1ccc(COCC2CCOC2)cc1Br. The molecule has 2 rings (SSSR count). The van der Waals surface area contributed by atoms with Crippen molar-refractivity contribution in [1.82, 2.24) is 0 Å². The van der Waals surface area contributed by atoms with Crippen LogP contribution < -0.4 is 4.74 Å². The van der Waals surface area contributed by atoms with Crippen molar-refractivity contribution < 1.29 is 14.2 Å². The van der Waals surface area contributed by atoms with Crippen LogP contribution in [0, 0.1) is 5.92 Å². The van der Waals surface area contributed by atoms with E-state index in [-0.39, 0.29) is 0 Å². The second-order valence-corrected chi connectivity index (χ2v) is 5.07. The number of ether oxygens (including phenoxy) is 3. The standard InChI is InChI=1S/C13H17BrO3/c1-15-13-3-2-10(6-12(13)14)7-17-9-11-4-5-16-8-11/h2-3,6,11H,4-5,7-9H2,1H3. The Bertz CT molecular complexity index is 362. The average Bonchev–Trinajstić information content (AvgIpc) is 2.82. The van der Waals surface area contributed by atoms with Crippen molar-refractivity contribution >= 4 is 15.9 Å². The third-order valence-electron chi connectivity index (χ3n) is 2.86. The van der Waals surface area contributed by atoms with Gasteiger partial charge in [-0.15, -0.1) is 0 Å². The van der Waals surface area contributed by atoms with E-state index in [4.69, 9.17) is 14.2 Å². The Kier molecular flexibility index (Phi) is 4.83. The fourth-order valence-corrected chi connectivity index (χ4v) is 2.45. The highest BCUT2D eigenvalue weighted by Crippen LogP contribution is 2.25. The van der Waals surface area contributed by atoms with Crippen molar-refractivity contribution in [2.75, 3.05) is 26.9 Å². The average molecular weight is 301 g/mol.